The maximum absolute atomic E-state index is 3.40. The fourth-order valence-corrected chi connectivity index (χ4v) is 2.25. The molecule has 1 aromatic carbocycles. The monoisotopic (exact) mass is 278 g/mol. The van der Waals surface area contributed by atoms with Crippen molar-refractivity contribution in [2.45, 2.75) is 27.7 Å². The van der Waals surface area contributed by atoms with Crippen molar-refractivity contribution in [3.8, 4) is 0 Å². The standard InChI is InChI=1S/C16H30N4/c1-5-17-13-18-14-20(8-4)16-11-9-15(10-12-16)19(6-2)7-3/h9-12,17-18H,5-8,13-14H2,1-4H3. The number of nitrogens with zero attached hydrogens (tertiary/aromatic N) is 2. The lowest BCUT2D eigenvalue weighted by Gasteiger charge is -2.26. The van der Waals surface area contributed by atoms with Crippen LogP contribution in [0, 0.1) is 0 Å². The van der Waals surface area contributed by atoms with Gasteiger partial charge < -0.3 is 15.1 Å². The molecule has 0 aliphatic rings. The van der Waals surface area contributed by atoms with Gasteiger partial charge in [-0.1, -0.05) is 6.92 Å². The third-order valence-electron chi connectivity index (χ3n) is 3.53. The van der Waals surface area contributed by atoms with Gasteiger partial charge >= 0.3 is 0 Å². The molecule has 0 bridgehead atoms. The van der Waals surface area contributed by atoms with Crippen LogP contribution in [-0.2, 0) is 0 Å². The summed E-state index contributed by atoms with van der Waals surface area (Å²) in [5.41, 5.74) is 2.57. The van der Waals surface area contributed by atoms with Gasteiger partial charge in [0.1, 0.15) is 0 Å². The molecule has 0 saturated carbocycles. The first-order chi connectivity index (χ1) is 9.76. The molecular formula is C16H30N4. The van der Waals surface area contributed by atoms with Crippen molar-refractivity contribution in [1.29, 1.82) is 0 Å². The zero-order chi connectivity index (χ0) is 14.8. The van der Waals surface area contributed by atoms with Gasteiger partial charge in [-0.3, -0.25) is 5.32 Å². The molecule has 2 N–H and O–H groups in total. The molecule has 0 heterocycles. The van der Waals surface area contributed by atoms with Gasteiger partial charge in [0.05, 0.1) is 6.67 Å². The van der Waals surface area contributed by atoms with Gasteiger partial charge in [0.25, 0.3) is 0 Å². The maximum Gasteiger partial charge on any atom is 0.0691 e. The first kappa shape index (κ1) is 16.8. The van der Waals surface area contributed by atoms with Gasteiger partial charge in [-0.2, -0.15) is 0 Å². The summed E-state index contributed by atoms with van der Waals surface area (Å²) >= 11 is 0. The molecular weight excluding hydrogens is 248 g/mol. The zero-order valence-electron chi connectivity index (χ0n) is 13.4. The second-order valence-electron chi connectivity index (χ2n) is 4.73. The van der Waals surface area contributed by atoms with Crippen molar-refractivity contribution in [2.24, 2.45) is 0 Å². The molecule has 0 spiro atoms. The summed E-state index contributed by atoms with van der Waals surface area (Å²) in [6, 6.07) is 8.86. The highest BCUT2D eigenvalue weighted by molar-refractivity contribution is 5.56. The first-order valence-corrected chi connectivity index (χ1v) is 7.78. The lowest BCUT2D eigenvalue weighted by Crippen LogP contribution is -2.39. The smallest absolute Gasteiger partial charge is 0.0691 e. The van der Waals surface area contributed by atoms with E-state index < -0.39 is 0 Å². The van der Waals surface area contributed by atoms with Crippen LogP contribution in [0.1, 0.15) is 27.7 Å². The van der Waals surface area contributed by atoms with E-state index >= 15 is 0 Å². The van der Waals surface area contributed by atoms with Crippen molar-refractivity contribution >= 4 is 11.4 Å². The molecule has 1 rings (SSSR count). The van der Waals surface area contributed by atoms with Gasteiger partial charge in [-0.15, -0.1) is 0 Å². The number of rotatable bonds is 10. The van der Waals surface area contributed by atoms with Crippen molar-refractivity contribution in [3.63, 3.8) is 0 Å². The Morgan fingerprint density at radius 3 is 1.70 bits per heavy atom. The van der Waals surface area contributed by atoms with Gasteiger partial charge in [0, 0.05) is 37.7 Å². The Labute approximate surface area is 124 Å². The van der Waals surface area contributed by atoms with E-state index in [4.69, 9.17) is 0 Å². The Kier molecular flexibility index (Phi) is 8.07. The van der Waals surface area contributed by atoms with E-state index in [0.717, 1.165) is 39.5 Å². The highest BCUT2D eigenvalue weighted by Crippen LogP contribution is 2.20. The van der Waals surface area contributed by atoms with E-state index in [1.54, 1.807) is 0 Å². The molecule has 4 nitrogen and oxygen atoms in total. The van der Waals surface area contributed by atoms with Crippen molar-refractivity contribution in [3.05, 3.63) is 24.3 Å². The van der Waals surface area contributed by atoms with E-state index in [1.807, 2.05) is 0 Å². The lowest BCUT2D eigenvalue weighted by molar-refractivity contribution is 0.585. The van der Waals surface area contributed by atoms with Crippen molar-refractivity contribution in [2.75, 3.05) is 49.3 Å². The van der Waals surface area contributed by atoms with Gasteiger partial charge in [-0.25, -0.2) is 0 Å². The molecule has 0 saturated heterocycles. The summed E-state index contributed by atoms with van der Waals surface area (Å²) in [4.78, 5) is 4.70. The molecule has 0 radical (unpaired) electrons. The highest BCUT2D eigenvalue weighted by atomic mass is 15.2. The van der Waals surface area contributed by atoms with Crippen LogP contribution in [0.25, 0.3) is 0 Å². The second-order valence-corrected chi connectivity index (χ2v) is 4.73. The molecule has 1 aromatic rings. The van der Waals surface area contributed by atoms with Crippen LogP contribution in [0.3, 0.4) is 0 Å². The number of benzene rings is 1. The average Bonchev–Trinajstić information content (AvgIpc) is 2.50. The summed E-state index contributed by atoms with van der Waals surface area (Å²) in [5.74, 6) is 0. The summed E-state index contributed by atoms with van der Waals surface area (Å²) in [5, 5.41) is 6.67. The van der Waals surface area contributed by atoms with Crippen LogP contribution in [0.2, 0.25) is 0 Å². The molecule has 0 atom stereocenters. The normalized spacial score (nSPS) is 10.6. The predicted octanol–water partition coefficient (Wildman–Crippen LogP) is 2.47. The molecule has 0 amide bonds. The van der Waals surface area contributed by atoms with Crippen LogP contribution in [0.5, 0.6) is 0 Å². The molecule has 0 aliphatic carbocycles. The van der Waals surface area contributed by atoms with Gasteiger partial charge in [-0.05, 0) is 51.6 Å². The van der Waals surface area contributed by atoms with E-state index in [0.29, 0.717) is 0 Å². The number of hydrogen-bond donors (Lipinski definition) is 2. The summed E-state index contributed by atoms with van der Waals surface area (Å²) in [6.45, 7) is 14.5. The Morgan fingerprint density at radius 1 is 0.750 bits per heavy atom. The number of nitrogens with one attached hydrogen (secondary N) is 2. The van der Waals surface area contributed by atoms with Crippen LogP contribution < -0.4 is 20.4 Å². The zero-order valence-corrected chi connectivity index (χ0v) is 13.4. The Morgan fingerprint density at radius 2 is 1.25 bits per heavy atom. The quantitative estimate of drug-likeness (QED) is 0.508. The SMILES string of the molecule is CCNCNCN(CC)c1ccc(N(CC)CC)cc1. The van der Waals surface area contributed by atoms with E-state index in [2.05, 4.69) is 72.4 Å². The lowest BCUT2D eigenvalue weighted by atomic mass is 10.2. The van der Waals surface area contributed by atoms with E-state index in [9.17, 15) is 0 Å². The maximum atomic E-state index is 3.40. The molecule has 4 heteroatoms. The van der Waals surface area contributed by atoms with Gasteiger partial charge in [0.15, 0.2) is 0 Å². The minimum atomic E-state index is 0.852. The minimum absolute atomic E-state index is 0.852. The Balaban J connectivity index is 2.60. The largest absolute Gasteiger partial charge is 0.372 e. The molecule has 0 aliphatic heterocycles. The van der Waals surface area contributed by atoms with Gasteiger partial charge in [0.2, 0.25) is 0 Å². The Hall–Kier alpha value is -1.26. The highest BCUT2D eigenvalue weighted by Gasteiger charge is 2.05. The van der Waals surface area contributed by atoms with Crippen molar-refractivity contribution < 1.29 is 0 Å². The molecule has 0 fully saturated rings. The Bertz CT molecular complexity index is 346. The predicted molar refractivity (Wildman–Crippen MR) is 89.6 cm³/mol. The fraction of sp³-hybridized carbons (Fsp3) is 0.625. The third kappa shape index (κ3) is 5.02. The average molecular weight is 278 g/mol. The summed E-state index contributed by atoms with van der Waals surface area (Å²) < 4.78 is 0. The molecule has 0 unspecified atom stereocenters. The molecule has 20 heavy (non-hydrogen) atoms. The van der Waals surface area contributed by atoms with E-state index in [1.165, 1.54) is 11.4 Å². The number of hydrogen-bond acceptors (Lipinski definition) is 4. The van der Waals surface area contributed by atoms with E-state index in [-0.39, 0.29) is 0 Å². The first-order valence-electron chi connectivity index (χ1n) is 7.78. The topological polar surface area (TPSA) is 30.5 Å². The number of anilines is 2. The summed E-state index contributed by atoms with van der Waals surface area (Å²) in [6.07, 6.45) is 0. The summed E-state index contributed by atoms with van der Waals surface area (Å²) in [7, 11) is 0. The van der Waals surface area contributed by atoms with Crippen LogP contribution in [-0.4, -0.2) is 39.5 Å². The fourth-order valence-electron chi connectivity index (χ4n) is 2.25. The van der Waals surface area contributed by atoms with Crippen LogP contribution >= 0.6 is 0 Å². The molecule has 0 aromatic heterocycles. The molecule has 114 valence electrons. The second kappa shape index (κ2) is 9.61. The van der Waals surface area contributed by atoms with Crippen LogP contribution in [0.4, 0.5) is 11.4 Å². The third-order valence-corrected chi connectivity index (χ3v) is 3.53. The van der Waals surface area contributed by atoms with Crippen molar-refractivity contribution in [1.82, 2.24) is 10.6 Å². The minimum Gasteiger partial charge on any atom is -0.372 e. The van der Waals surface area contributed by atoms with Crippen LogP contribution in [0.15, 0.2) is 24.3 Å².